The van der Waals surface area contributed by atoms with Gasteiger partial charge in [0.2, 0.25) is 0 Å². The summed E-state index contributed by atoms with van der Waals surface area (Å²) in [6, 6.07) is 0. The maximum absolute atomic E-state index is 11.2. The molecule has 0 aromatic carbocycles. The second-order valence-corrected chi connectivity index (χ2v) is 7.59. The highest BCUT2D eigenvalue weighted by molar-refractivity contribution is 5.68. The molecule has 28 heavy (non-hydrogen) atoms. The summed E-state index contributed by atoms with van der Waals surface area (Å²) in [6.45, 7) is 1.92. The van der Waals surface area contributed by atoms with Gasteiger partial charge in [0.15, 0.2) is 0 Å². The third-order valence-electron chi connectivity index (χ3n) is 5.19. The number of carbonyl (C=O) groups is 4. The number of carboxylic acid groups (broad SMARTS) is 4. The number of unbranched alkanes of at least 4 members (excludes halogenated alkanes) is 1. The molecule has 0 aliphatic heterocycles. The monoisotopic (exact) mass is 402 g/mol. The van der Waals surface area contributed by atoms with E-state index in [0.29, 0.717) is 44.9 Å². The lowest BCUT2D eigenvalue weighted by atomic mass is 9.84. The molecule has 0 saturated heterocycles. The number of aliphatic carboxylic acids is 4. The molecule has 0 fully saturated rings. The molecule has 0 amide bonds. The zero-order chi connectivity index (χ0) is 21.5. The van der Waals surface area contributed by atoms with E-state index in [9.17, 15) is 19.2 Å². The van der Waals surface area contributed by atoms with E-state index in [4.69, 9.17) is 20.4 Å². The van der Waals surface area contributed by atoms with Gasteiger partial charge in [-0.25, -0.2) is 0 Å². The van der Waals surface area contributed by atoms with Gasteiger partial charge in [-0.05, 0) is 56.3 Å². The van der Waals surface area contributed by atoms with E-state index in [0.717, 1.165) is 6.42 Å². The highest BCUT2D eigenvalue weighted by Gasteiger charge is 2.20. The maximum Gasteiger partial charge on any atom is 0.303 e. The van der Waals surface area contributed by atoms with Crippen LogP contribution >= 0.6 is 0 Å². The second kappa shape index (κ2) is 14.9. The fraction of sp³-hybridized carbons (Fsp3) is 0.800. The van der Waals surface area contributed by atoms with Crippen LogP contribution in [0.3, 0.4) is 0 Å². The van der Waals surface area contributed by atoms with Gasteiger partial charge >= 0.3 is 23.9 Å². The van der Waals surface area contributed by atoms with E-state index in [1.54, 1.807) is 0 Å². The lowest BCUT2D eigenvalue weighted by Gasteiger charge is -2.21. The Morgan fingerprint density at radius 3 is 1.36 bits per heavy atom. The topological polar surface area (TPSA) is 149 Å². The van der Waals surface area contributed by atoms with Crippen LogP contribution in [0.25, 0.3) is 0 Å². The molecule has 0 spiro atoms. The Morgan fingerprint density at radius 2 is 0.964 bits per heavy atom. The van der Waals surface area contributed by atoms with Gasteiger partial charge in [0.25, 0.3) is 0 Å². The number of rotatable bonds is 18. The Bertz CT molecular complexity index is 502. The van der Waals surface area contributed by atoms with Crippen LogP contribution in [0.2, 0.25) is 0 Å². The van der Waals surface area contributed by atoms with Crippen molar-refractivity contribution in [1.29, 1.82) is 0 Å². The average molecular weight is 402 g/mol. The molecule has 4 N–H and O–H groups in total. The zero-order valence-electron chi connectivity index (χ0n) is 16.6. The van der Waals surface area contributed by atoms with Crippen LogP contribution < -0.4 is 0 Å². The van der Waals surface area contributed by atoms with Crippen molar-refractivity contribution in [2.75, 3.05) is 0 Å². The van der Waals surface area contributed by atoms with E-state index in [2.05, 4.69) is 0 Å². The van der Waals surface area contributed by atoms with E-state index < -0.39 is 23.9 Å². The minimum absolute atomic E-state index is 0.0105. The van der Waals surface area contributed by atoms with Crippen LogP contribution in [-0.4, -0.2) is 44.3 Å². The maximum atomic E-state index is 11.2. The smallest absolute Gasteiger partial charge is 0.303 e. The van der Waals surface area contributed by atoms with Crippen molar-refractivity contribution in [3.63, 3.8) is 0 Å². The van der Waals surface area contributed by atoms with Crippen molar-refractivity contribution >= 4 is 23.9 Å². The molecular formula is C20H34O8. The SMILES string of the molecule is CCC(CCC(CCC(CCCCC(=O)O)CC(=O)O)CC(=O)O)CC(=O)O. The van der Waals surface area contributed by atoms with Crippen molar-refractivity contribution in [3.05, 3.63) is 0 Å². The molecule has 8 heteroatoms. The lowest BCUT2D eigenvalue weighted by Crippen LogP contribution is -2.15. The molecule has 0 aliphatic carbocycles. The predicted molar refractivity (Wildman–Crippen MR) is 102 cm³/mol. The summed E-state index contributed by atoms with van der Waals surface area (Å²) >= 11 is 0. The van der Waals surface area contributed by atoms with Crippen molar-refractivity contribution in [2.45, 2.75) is 84.0 Å². The van der Waals surface area contributed by atoms with E-state index in [1.165, 1.54) is 0 Å². The molecule has 0 saturated carbocycles. The number of hydrogen-bond acceptors (Lipinski definition) is 4. The van der Waals surface area contributed by atoms with Gasteiger partial charge in [0.1, 0.15) is 0 Å². The average Bonchev–Trinajstić information content (AvgIpc) is 2.57. The molecule has 8 nitrogen and oxygen atoms in total. The van der Waals surface area contributed by atoms with Gasteiger partial charge in [-0.1, -0.05) is 19.8 Å². The summed E-state index contributed by atoms with van der Waals surface area (Å²) in [4.78, 5) is 43.7. The van der Waals surface area contributed by atoms with Gasteiger partial charge in [-0.3, -0.25) is 19.2 Å². The molecule has 0 aliphatic rings. The predicted octanol–water partition coefficient (Wildman–Crippen LogP) is 3.87. The normalized spacial score (nSPS) is 14.2. The summed E-state index contributed by atoms with van der Waals surface area (Å²) in [6.07, 6.45) is 4.96. The lowest BCUT2D eigenvalue weighted by molar-refractivity contribution is -0.140. The first-order valence-electron chi connectivity index (χ1n) is 10.0. The molecular weight excluding hydrogens is 368 g/mol. The fourth-order valence-electron chi connectivity index (χ4n) is 3.54. The first-order chi connectivity index (χ1) is 13.1. The second-order valence-electron chi connectivity index (χ2n) is 7.59. The Morgan fingerprint density at radius 1 is 0.571 bits per heavy atom. The molecule has 0 heterocycles. The van der Waals surface area contributed by atoms with Gasteiger partial charge in [-0.15, -0.1) is 0 Å². The summed E-state index contributed by atoms with van der Waals surface area (Å²) in [7, 11) is 0. The third kappa shape index (κ3) is 15.0. The van der Waals surface area contributed by atoms with Crippen LogP contribution in [0, 0.1) is 17.8 Å². The van der Waals surface area contributed by atoms with Gasteiger partial charge in [0, 0.05) is 25.7 Å². The van der Waals surface area contributed by atoms with E-state index in [1.807, 2.05) is 6.92 Å². The number of hydrogen-bond donors (Lipinski definition) is 4. The summed E-state index contributed by atoms with van der Waals surface area (Å²) in [5.41, 5.74) is 0. The first-order valence-corrected chi connectivity index (χ1v) is 10.0. The van der Waals surface area contributed by atoms with Crippen molar-refractivity contribution in [3.8, 4) is 0 Å². The minimum Gasteiger partial charge on any atom is -0.481 e. The number of carboxylic acids is 4. The Kier molecular flexibility index (Phi) is 13.8. The first kappa shape index (κ1) is 25.9. The highest BCUT2D eigenvalue weighted by atomic mass is 16.4. The molecule has 0 radical (unpaired) electrons. The molecule has 0 aromatic heterocycles. The van der Waals surface area contributed by atoms with E-state index in [-0.39, 0.29) is 43.4 Å². The summed E-state index contributed by atoms with van der Waals surface area (Å²) < 4.78 is 0. The molecule has 0 rings (SSSR count). The third-order valence-corrected chi connectivity index (χ3v) is 5.19. The van der Waals surface area contributed by atoms with Crippen LogP contribution in [0.5, 0.6) is 0 Å². The van der Waals surface area contributed by atoms with Crippen LogP contribution in [0.4, 0.5) is 0 Å². The van der Waals surface area contributed by atoms with Crippen molar-refractivity contribution in [1.82, 2.24) is 0 Å². The van der Waals surface area contributed by atoms with Gasteiger partial charge < -0.3 is 20.4 Å². The van der Waals surface area contributed by atoms with Crippen molar-refractivity contribution < 1.29 is 39.6 Å². The Labute approximate surface area is 165 Å². The van der Waals surface area contributed by atoms with E-state index >= 15 is 0 Å². The summed E-state index contributed by atoms with van der Waals surface area (Å²) in [5, 5.41) is 35.8. The standard InChI is InChI=1S/C20H34O8/c1-2-14(11-18(23)24)7-8-16(13-20(27)28)10-9-15(12-19(25)26)5-3-4-6-17(21)22/h14-16H,2-13H2,1H3,(H,21,22)(H,23,24)(H,25,26)(H,27,28). The van der Waals surface area contributed by atoms with Crippen molar-refractivity contribution in [2.24, 2.45) is 17.8 Å². The molecule has 3 atom stereocenters. The fourth-order valence-corrected chi connectivity index (χ4v) is 3.54. The van der Waals surface area contributed by atoms with Crippen LogP contribution in [0.15, 0.2) is 0 Å². The molecule has 162 valence electrons. The Hall–Kier alpha value is -2.12. The summed E-state index contributed by atoms with van der Waals surface area (Å²) in [5.74, 6) is -3.76. The molecule has 0 bridgehead atoms. The molecule has 0 aromatic rings. The minimum atomic E-state index is -0.912. The van der Waals surface area contributed by atoms with Crippen LogP contribution in [-0.2, 0) is 19.2 Å². The largest absolute Gasteiger partial charge is 0.481 e. The van der Waals surface area contributed by atoms with Crippen LogP contribution in [0.1, 0.15) is 84.0 Å². The zero-order valence-corrected chi connectivity index (χ0v) is 16.6. The Balaban J connectivity index is 4.64. The quantitative estimate of drug-likeness (QED) is 0.252. The molecule has 3 unspecified atom stereocenters. The van der Waals surface area contributed by atoms with Gasteiger partial charge in [-0.2, -0.15) is 0 Å². The van der Waals surface area contributed by atoms with Gasteiger partial charge in [0.05, 0.1) is 0 Å². The highest BCUT2D eigenvalue weighted by Crippen LogP contribution is 2.28.